The van der Waals surface area contributed by atoms with Crippen molar-refractivity contribution in [3.63, 3.8) is 0 Å². The SMILES string of the molecule is Fc1cnc(NCCCCCCCl)c(F)c1. The lowest BCUT2D eigenvalue weighted by atomic mass is 10.2. The molecular formula is C11H15ClF2N2. The number of rotatable bonds is 7. The molecule has 0 saturated heterocycles. The summed E-state index contributed by atoms with van der Waals surface area (Å²) >= 11 is 5.54. The molecule has 0 atom stereocenters. The second kappa shape index (κ2) is 7.39. The molecular weight excluding hydrogens is 234 g/mol. The number of nitrogens with one attached hydrogen (secondary N) is 1. The summed E-state index contributed by atoms with van der Waals surface area (Å²) in [5.41, 5.74) is 0. The number of hydrogen-bond donors (Lipinski definition) is 1. The summed E-state index contributed by atoms with van der Waals surface area (Å²) in [7, 11) is 0. The molecule has 0 amide bonds. The fourth-order valence-corrected chi connectivity index (χ4v) is 1.51. The van der Waals surface area contributed by atoms with E-state index in [0.717, 1.165) is 37.9 Å². The number of aromatic nitrogens is 1. The molecule has 0 aliphatic heterocycles. The Labute approximate surface area is 99.0 Å². The van der Waals surface area contributed by atoms with Crippen molar-refractivity contribution < 1.29 is 8.78 Å². The Kier molecular flexibility index (Phi) is 6.08. The average molecular weight is 249 g/mol. The smallest absolute Gasteiger partial charge is 0.168 e. The lowest BCUT2D eigenvalue weighted by Crippen LogP contribution is -2.05. The lowest BCUT2D eigenvalue weighted by Gasteiger charge is -2.05. The maximum atomic E-state index is 13.1. The standard InChI is InChI=1S/C11H15ClF2N2/c12-5-3-1-2-4-6-15-11-10(14)7-9(13)8-16-11/h7-8H,1-6H2,(H,15,16). The van der Waals surface area contributed by atoms with E-state index in [4.69, 9.17) is 11.6 Å². The van der Waals surface area contributed by atoms with Crippen LogP contribution in [0.25, 0.3) is 0 Å². The zero-order chi connectivity index (χ0) is 11.8. The molecule has 1 rings (SSSR count). The van der Waals surface area contributed by atoms with Gasteiger partial charge in [-0.1, -0.05) is 12.8 Å². The van der Waals surface area contributed by atoms with Crippen LogP contribution in [-0.4, -0.2) is 17.4 Å². The first kappa shape index (κ1) is 13.2. The van der Waals surface area contributed by atoms with Crippen LogP contribution < -0.4 is 5.32 Å². The first-order valence-corrected chi connectivity index (χ1v) is 5.88. The summed E-state index contributed by atoms with van der Waals surface area (Å²) in [6, 6.07) is 0.822. The second-order valence-corrected chi connectivity index (χ2v) is 3.89. The van der Waals surface area contributed by atoms with E-state index in [1.54, 1.807) is 0 Å². The maximum absolute atomic E-state index is 13.1. The Morgan fingerprint density at radius 2 is 1.94 bits per heavy atom. The van der Waals surface area contributed by atoms with Crippen LogP contribution in [0.3, 0.4) is 0 Å². The van der Waals surface area contributed by atoms with Crippen molar-refractivity contribution in [3.8, 4) is 0 Å². The maximum Gasteiger partial charge on any atom is 0.168 e. The second-order valence-electron chi connectivity index (χ2n) is 3.51. The van der Waals surface area contributed by atoms with Crippen molar-refractivity contribution in [3.05, 3.63) is 23.9 Å². The molecule has 0 aliphatic carbocycles. The Morgan fingerprint density at radius 1 is 1.19 bits per heavy atom. The molecule has 0 unspecified atom stereocenters. The number of anilines is 1. The summed E-state index contributed by atoms with van der Waals surface area (Å²) < 4.78 is 25.6. The number of nitrogens with zero attached hydrogens (tertiary/aromatic N) is 1. The zero-order valence-corrected chi connectivity index (χ0v) is 9.73. The van der Waals surface area contributed by atoms with Gasteiger partial charge in [-0.15, -0.1) is 11.6 Å². The van der Waals surface area contributed by atoms with Gasteiger partial charge in [0, 0.05) is 18.5 Å². The first-order valence-electron chi connectivity index (χ1n) is 5.35. The van der Waals surface area contributed by atoms with Gasteiger partial charge in [-0.05, 0) is 12.8 Å². The molecule has 1 heterocycles. The van der Waals surface area contributed by atoms with E-state index < -0.39 is 11.6 Å². The highest BCUT2D eigenvalue weighted by Crippen LogP contribution is 2.11. The summed E-state index contributed by atoms with van der Waals surface area (Å²) in [5, 5.41) is 2.83. The number of hydrogen-bond acceptors (Lipinski definition) is 2. The van der Waals surface area contributed by atoms with Crippen LogP contribution in [-0.2, 0) is 0 Å². The van der Waals surface area contributed by atoms with Gasteiger partial charge in [-0.2, -0.15) is 0 Å². The molecule has 1 N–H and O–H groups in total. The lowest BCUT2D eigenvalue weighted by molar-refractivity contribution is 0.574. The van der Waals surface area contributed by atoms with Crippen molar-refractivity contribution in [1.82, 2.24) is 4.98 Å². The minimum Gasteiger partial charge on any atom is -0.368 e. The predicted octanol–water partition coefficient (Wildman–Crippen LogP) is 3.57. The molecule has 5 heteroatoms. The zero-order valence-electron chi connectivity index (χ0n) is 8.98. The van der Waals surface area contributed by atoms with Crippen LogP contribution in [0.1, 0.15) is 25.7 Å². The van der Waals surface area contributed by atoms with E-state index in [-0.39, 0.29) is 5.82 Å². The van der Waals surface area contributed by atoms with Crippen molar-refractivity contribution in [2.24, 2.45) is 0 Å². The molecule has 0 aliphatic rings. The van der Waals surface area contributed by atoms with E-state index >= 15 is 0 Å². The van der Waals surface area contributed by atoms with Gasteiger partial charge in [0.1, 0.15) is 5.82 Å². The Bertz CT molecular complexity index is 321. The highest BCUT2D eigenvalue weighted by molar-refractivity contribution is 6.17. The summed E-state index contributed by atoms with van der Waals surface area (Å²) in [6.45, 7) is 0.637. The van der Waals surface area contributed by atoms with Crippen LogP contribution in [0, 0.1) is 11.6 Å². The van der Waals surface area contributed by atoms with Crippen molar-refractivity contribution in [1.29, 1.82) is 0 Å². The Hall–Kier alpha value is -0.900. The van der Waals surface area contributed by atoms with Crippen molar-refractivity contribution >= 4 is 17.4 Å². The fourth-order valence-electron chi connectivity index (χ4n) is 1.32. The van der Waals surface area contributed by atoms with Crippen LogP contribution in [0.15, 0.2) is 12.3 Å². The van der Waals surface area contributed by atoms with Crippen LogP contribution in [0.4, 0.5) is 14.6 Å². The minimum atomic E-state index is -0.662. The molecule has 2 nitrogen and oxygen atoms in total. The van der Waals surface area contributed by atoms with Crippen molar-refractivity contribution in [2.75, 3.05) is 17.7 Å². The van der Waals surface area contributed by atoms with E-state index in [2.05, 4.69) is 10.3 Å². The molecule has 1 aromatic rings. The fraction of sp³-hybridized carbons (Fsp3) is 0.545. The molecule has 90 valence electrons. The molecule has 0 spiro atoms. The highest BCUT2D eigenvalue weighted by atomic mass is 35.5. The summed E-state index contributed by atoms with van der Waals surface area (Å²) in [4.78, 5) is 3.63. The van der Waals surface area contributed by atoms with Gasteiger partial charge in [0.2, 0.25) is 0 Å². The summed E-state index contributed by atoms with van der Waals surface area (Å²) in [6.07, 6.45) is 5.05. The molecule has 0 radical (unpaired) electrons. The topological polar surface area (TPSA) is 24.9 Å². The molecule has 0 saturated carbocycles. The van der Waals surface area contributed by atoms with Gasteiger partial charge in [-0.25, -0.2) is 13.8 Å². The third kappa shape index (κ3) is 4.75. The highest BCUT2D eigenvalue weighted by Gasteiger charge is 2.03. The minimum absolute atomic E-state index is 0.110. The van der Waals surface area contributed by atoms with Gasteiger partial charge < -0.3 is 5.32 Å². The predicted molar refractivity (Wildman–Crippen MR) is 61.8 cm³/mol. The molecule has 16 heavy (non-hydrogen) atoms. The van der Waals surface area contributed by atoms with E-state index in [9.17, 15) is 8.78 Å². The Morgan fingerprint density at radius 3 is 2.62 bits per heavy atom. The van der Waals surface area contributed by atoms with Crippen LogP contribution in [0.5, 0.6) is 0 Å². The van der Waals surface area contributed by atoms with Gasteiger partial charge in [0.05, 0.1) is 6.20 Å². The largest absolute Gasteiger partial charge is 0.368 e. The van der Waals surface area contributed by atoms with Gasteiger partial charge in [0.15, 0.2) is 11.6 Å². The third-order valence-corrected chi connectivity index (χ3v) is 2.43. The van der Waals surface area contributed by atoms with Crippen LogP contribution in [0.2, 0.25) is 0 Å². The van der Waals surface area contributed by atoms with Crippen molar-refractivity contribution in [2.45, 2.75) is 25.7 Å². The third-order valence-electron chi connectivity index (χ3n) is 2.16. The number of alkyl halides is 1. The van der Waals surface area contributed by atoms with Gasteiger partial charge in [0.25, 0.3) is 0 Å². The normalized spacial score (nSPS) is 10.4. The van der Waals surface area contributed by atoms with Gasteiger partial charge in [-0.3, -0.25) is 0 Å². The van der Waals surface area contributed by atoms with E-state index in [1.165, 1.54) is 0 Å². The molecule has 0 bridgehead atoms. The Balaban J connectivity index is 2.21. The van der Waals surface area contributed by atoms with Gasteiger partial charge >= 0.3 is 0 Å². The first-order chi connectivity index (χ1) is 7.74. The van der Waals surface area contributed by atoms with Crippen LogP contribution >= 0.6 is 11.6 Å². The summed E-state index contributed by atoms with van der Waals surface area (Å²) in [5.74, 6) is -0.522. The number of pyridine rings is 1. The van der Waals surface area contributed by atoms with E-state index in [1.807, 2.05) is 0 Å². The average Bonchev–Trinajstić information content (AvgIpc) is 2.26. The number of unbranched alkanes of at least 4 members (excludes halogenated alkanes) is 3. The number of halogens is 3. The van der Waals surface area contributed by atoms with E-state index in [0.29, 0.717) is 12.4 Å². The quantitative estimate of drug-likeness (QED) is 0.589. The molecule has 0 aromatic carbocycles. The monoisotopic (exact) mass is 248 g/mol. The molecule has 0 fully saturated rings. The molecule has 1 aromatic heterocycles.